The van der Waals surface area contributed by atoms with E-state index in [4.69, 9.17) is 0 Å². The Kier molecular flexibility index (Phi) is 8.64. The molecule has 0 saturated carbocycles. The zero-order valence-electron chi connectivity index (χ0n) is 40.7. The average Bonchev–Trinajstić information content (AvgIpc) is 3.67. The van der Waals surface area contributed by atoms with Gasteiger partial charge in [0.15, 0.2) is 0 Å². The van der Waals surface area contributed by atoms with Gasteiger partial charge in [-0.05, 0) is 162 Å². The number of rotatable bonds is 3. The van der Waals surface area contributed by atoms with E-state index in [9.17, 15) is 0 Å². The zero-order chi connectivity index (χ0) is 45.8. The summed E-state index contributed by atoms with van der Waals surface area (Å²) in [5.74, 6) is 0. The number of hydrogen-bond acceptors (Lipinski definition) is 2. The third kappa shape index (κ3) is 5.81. The molecule has 12 rings (SSSR count). The Hall–Kier alpha value is -6.32. The second kappa shape index (κ2) is 13.9. The molecule has 0 radical (unpaired) electrons. The lowest BCUT2D eigenvalue weighted by Gasteiger charge is -2.45. The third-order valence-electron chi connectivity index (χ3n) is 16.1. The normalized spacial score (nSPS) is 17.1. The summed E-state index contributed by atoms with van der Waals surface area (Å²) in [6.07, 6.45) is 4.69. The minimum Gasteiger partial charge on any atom is -0.311 e. The van der Waals surface area contributed by atoms with Crippen LogP contribution in [-0.2, 0) is 21.7 Å². The highest BCUT2D eigenvalue weighted by molar-refractivity contribution is 7.00. The Morgan fingerprint density at radius 1 is 0.500 bits per heavy atom. The van der Waals surface area contributed by atoms with Crippen molar-refractivity contribution < 1.29 is 0 Å². The van der Waals surface area contributed by atoms with Crippen LogP contribution in [0.5, 0.6) is 0 Å². The van der Waals surface area contributed by atoms with Crippen LogP contribution in [0.3, 0.4) is 0 Å². The number of benzene rings is 7. The van der Waals surface area contributed by atoms with Gasteiger partial charge in [-0.1, -0.05) is 172 Å². The van der Waals surface area contributed by atoms with Crippen LogP contribution in [-0.4, -0.2) is 6.71 Å². The lowest BCUT2D eigenvalue weighted by molar-refractivity contribution is 0.590. The Bertz CT molecular complexity index is 3290. The number of anilines is 6. The van der Waals surface area contributed by atoms with Crippen LogP contribution >= 0.6 is 0 Å². The van der Waals surface area contributed by atoms with Gasteiger partial charge in [-0.25, -0.2) is 0 Å². The van der Waals surface area contributed by atoms with Crippen LogP contribution < -0.4 is 26.2 Å². The molecule has 0 saturated heterocycles. The summed E-state index contributed by atoms with van der Waals surface area (Å²) < 4.78 is 0. The van der Waals surface area contributed by atoms with Gasteiger partial charge in [0.05, 0.1) is 0 Å². The van der Waals surface area contributed by atoms with Crippen LogP contribution in [0.15, 0.2) is 151 Å². The molecule has 0 unspecified atom stereocenters. The van der Waals surface area contributed by atoms with Gasteiger partial charge in [0.2, 0.25) is 0 Å². The fourth-order valence-electron chi connectivity index (χ4n) is 12.6. The largest absolute Gasteiger partial charge is 0.311 e. The Morgan fingerprint density at radius 3 is 1.79 bits per heavy atom. The van der Waals surface area contributed by atoms with Crippen molar-refractivity contribution >= 4 is 68.4 Å². The highest BCUT2D eigenvalue weighted by Crippen LogP contribution is 2.55. The number of hydrogen-bond donors (Lipinski definition) is 0. The van der Waals surface area contributed by atoms with Crippen LogP contribution in [0.1, 0.15) is 127 Å². The fourth-order valence-corrected chi connectivity index (χ4v) is 12.6. The molecule has 0 amide bonds. The van der Waals surface area contributed by atoms with Gasteiger partial charge >= 0.3 is 0 Å². The molecule has 66 heavy (non-hydrogen) atoms. The Morgan fingerprint density at radius 2 is 1.09 bits per heavy atom. The van der Waals surface area contributed by atoms with Crippen molar-refractivity contribution in [2.24, 2.45) is 0 Å². The van der Waals surface area contributed by atoms with Gasteiger partial charge in [-0.15, -0.1) is 0 Å². The van der Waals surface area contributed by atoms with Crippen molar-refractivity contribution in [2.75, 3.05) is 9.80 Å². The van der Waals surface area contributed by atoms with E-state index in [1.807, 2.05) is 0 Å². The summed E-state index contributed by atoms with van der Waals surface area (Å²) >= 11 is 0. The van der Waals surface area contributed by atoms with Gasteiger partial charge in [-0.3, -0.25) is 0 Å². The second-order valence-corrected chi connectivity index (χ2v) is 23.0. The van der Waals surface area contributed by atoms with E-state index in [0.29, 0.717) is 0 Å². The smallest absolute Gasteiger partial charge is 0.252 e. The molecule has 0 bridgehead atoms. The first-order chi connectivity index (χ1) is 31.4. The monoisotopic (exact) mass is 856 g/mol. The van der Waals surface area contributed by atoms with Crippen molar-refractivity contribution in [1.82, 2.24) is 0 Å². The highest BCUT2D eigenvalue weighted by Gasteiger charge is 2.45. The van der Waals surface area contributed by atoms with E-state index in [1.165, 1.54) is 117 Å². The van der Waals surface area contributed by atoms with Crippen molar-refractivity contribution in [3.63, 3.8) is 0 Å². The minimum atomic E-state index is -0.110. The van der Waals surface area contributed by atoms with Gasteiger partial charge in [0, 0.05) is 45.0 Å². The Labute approximate surface area is 393 Å². The summed E-state index contributed by atoms with van der Waals surface area (Å²) in [6.45, 7) is 26.0. The average molecular weight is 857 g/mol. The maximum Gasteiger partial charge on any atom is 0.252 e. The Balaban J connectivity index is 1.07. The van der Waals surface area contributed by atoms with Crippen LogP contribution in [0.25, 0.3) is 22.3 Å². The lowest BCUT2D eigenvalue weighted by Crippen LogP contribution is -2.61. The topological polar surface area (TPSA) is 6.48 Å². The molecule has 0 spiro atoms. The molecule has 2 nitrogen and oxygen atoms in total. The zero-order valence-corrected chi connectivity index (χ0v) is 40.7. The molecule has 7 aromatic rings. The van der Waals surface area contributed by atoms with Gasteiger partial charge < -0.3 is 9.80 Å². The first-order valence-electron chi connectivity index (χ1n) is 24.4. The van der Waals surface area contributed by atoms with Crippen molar-refractivity contribution in [3.05, 3.63) is 196 Å². The molecule has 2 aliphatic heterocycles. The maximum atomic E-state index is 2.60. The van der Waals surface area contributed by atoms with E-state index in [1.54, 1.807) is 5.57 Å². The molecule has 326 valence electrons. The molecule has 0 N–H and O–H groups in total. The molecule has 0 atom stereocenters. The third-order valence-corrected chi connectivity index (χ3v) is 16.1. The molecule has 7 aromatic carbocycles. The summed E-state index contributed by atoms with van der Waals surface area (Å²) in [4.78, 5) is 5.20. The first-order valence-corrected chi connectivity index (χ1v) is 24.4. The molecule has 0 fully saturated rings. The molecule has 3 aliphatic carbocycles. The number of nitrogens with zero attached hydrogens (tertiary/aromatic N) is 2. The summed E-state index contributed by atoms with van der Waals surface area (Å²) in [6, 6.07) is 54.6. The van der Waals surface area contributed by atoms with Gasteiger partial charge in [0.1, 0.15) is 0 Å². The molecule has 3 heteroatoms. The number of fused-ring (bicyclic) bond motifs is 9. The molecular weight excluding hydrogens is 796 g/mol. The molecule has 5 aliphatic rings. The number of aryl methyl sites for hydroxylation is 1. The second-order valence-electron chi connectivity index (χ2n) is 23.0. The molecular formula is C63H61BN2. The SMILES string of the molecule is Cc1cc2c3c(c1)N(c1ccc(C4=CCCC5=C4c4ccccc4C5(C)C)cc1)c1cc(C(C)(C)C)ccc1B3c1cc(C(C)(C)C)ccc1N2c1ccc2c(c1)C(C)(C)c1ccccc1-2. The molecule has 2 heterocycles. The van der Waals surface area contributed by atoms with Crippen LogP contribution in [0.4, 0.5) is 34.1 Å². The van der Waals surface area contributed by atoms with E-state index in [0.717, 1.165) is 12.8 Å². The first kappa shape index (κ1) is 41.1. The van der Waals surface area contributed by atoms with E-state index < -0.39 is 0 Å². The standard InChI is InChI=1S/C63H61BN2/c1-38-33-56-59-57(34-38)66(43-29-30-46-45-17-12-14-20-48(45)63(10,11)51(46)37-43)54-32-26-40(60(2,3)4)35-53(54)64(59)52-31-25-41(61(5,6)7)36-55(52)65(56)42-27-23-39(24-28-42)44-19-16-22-50-58(44)47-18-13-15-21-49(47)62(50,8)9/h12-15,17-21,23-37H,16,22H2,1-11H3. The lowest BCUT2D eigenvalue weighted by atomic mass is 9.33. The predicted molar refractivity (Wildman–Crippen MR) is 284 cm³/mol. The van der Waals surface area contributed by atoms with E-state index in [2.05, 4.69) is 232 Å². The van der Waals surface area contributed by atoms with Crippen LogP contribution in [0.2, 0.25) is 0 Å². The predicted octanol–water partition coefficient (Wildman–Crippen LogP) is 14.9. The molecule has 0 aromatic heterocycles. The van der Waals surface area contributed by atoms with Gasteiger partial charge in [0.25, 0.3) is 6.71 Å². The van der Waals surface area contributed by atoms with Gasteiger partial charge in [-0.2, -0.15) is 0 Å². The summed E-state index contributed by atoms with van der Waals surface area (Å²) in [5, 5.41) is 0. The fraction of sp³-hybridized carbons (Fsp3) is 0.270. The number of allylic oxidation sites excluding steroid dienone is 4. The summed E-state index contributed by atoms with van der Waals surface area (Å²) in [7, 11) is 0. The van der Waals surface area contributed by atoms with Crippen molar-refractivity contribution in [1.29, 1.82) is 0 Å². The summed E-state index contributed by atoms with van der Waals surface area (Å²) in [5.41, 5.74) is 29.5. The van der Waals surface area contributed by atoms with E-state index in [-0.39, 0.29) is 28.4 Å². The van der Waals surface area contributed by atoms with Crippen LogP contribution in [0, 0.1) is 6.92 Å². The van der Waals surface area contributed by atoms with Crippen molar-refractivity contribution in [2.45, 2.75) is 111 Å². The quantitative estimate of drug-likeness (QED) is 0.163. The highest BCUT2D eigenvalue weighted by atomic mass is 15.2. The maximum absolute atomic E-state index is 2.60. The minimum absolute atomic E-state index is 0.0120. The van der Waals surface area contributed by atoms with Crippen molar-refractivity contribution in [3.8, 4) is 11.1 Å². The van der Waals surface area contributed by atoms with E-state index >= 15 is 0 Å².